The Morgan fingerprint density at radius 1 is 1.33 bits per heavy atom. The number of rotatable bonds is 7. The Morgan fingerprint density at radius 2 is 2.17 bits per heavy atom. The van der Waals surface area contributed by atoms with Crippen LogP contribution in [-0.4, -0.2) is 50.8 Å². The maximum Gasteiger partial charge on any atom is 0.119 e. The van der Waals surface area contributed by atoms with Gasteiger partial charge in [0.05, 0.1) is 13.2 Å². The van der Waals surface area contributed by atoms with E-state index >= 15 is 0 Å². The van der Waals surface area contributed by atoms with Gasteiger partial charge in [-0.2, -0.15) is 0 Å². The van der Waals surface area contributed by atoms with Crippen LogP contribution in [0.5, 0.6) is 5.75 Å². The molecule has 0 aromatic heterocycles. The first kappa shape index (κ1) is 19.5. The van der Waals surface area contributed by atoms with E-state index in [9.17, 15) is 0 Å². The minimum absolute atomic E-state index is 0. The van der Waals surface area contributed by atoms with Gasteiger partial charge < -0.3 is 14.8 Å². The minimum Gasteiger partial charge on any atom is -0.493 e. The zero-order chi connectivity index (χ0) is 16.1. The quantitative estimate of drug-likeness (QED) is 0.815. The second-order valence-corrected chi connectivity index (χ2v) is 7.25. The van der Waals surface area contributed by atoms with Crippen molar-refractivity contribution in [3.63, 3.8) is 0 Å². The Morgan fingerprint density at radius 3 is 2.83 bits per heavy atom. The van der Waals surface area contributed by atoms with Crippen molar-refractivity contribution < 1.29 is 9.47 Å². The average Bonchev–Trinajstić information content (AvgIpc) is 2.52. The van der Waals surface area contributed by atoms with E-state index in [2.05, 4.69) is 41.4 Å². The number of nitrogens with one attached hydrogen (secondary N) is 1. The first-order chi connectivity index (χ1) is 11.2. The van der Waals surface area contributed by atoms with Crippen molar-refractivity contribution in [1.82, 2.24) is 10.2 Å². The molecule has 0 unspecified atom stereocenters. The van der Waals surface area contributed by atoms with Gasteiger partial charge in [-0.1, -0.05) is 18.6 Å². The van der Waals surface area contributed by atoms with E-state index in [1.54, 1.807) is 7.11 Å². The fraction of sp³-hybridized carbons (Fsp3) is 0.684. The van der Waals surface area contributed by atoms with Crippen molar-refractivity contribution in [3.8, 4) is 5.75 Å². The number of nitrogens with zero attached hydrogens (tertiary/aromatic N) is 1. The molecule has 0 spiro atoms. The number of benzene rings is 1. The van der Waals surface area contributed by atoms with Crippen molar-refractivity contribution >= 4 is 12.4 Å². The van der Waals surface area contributed by atoms with Gasteiger partial charge in [-0.3, -0.25) is 4.90 Å². The van der Waals surface area contributed by atoms with Gasteiger partial charge in [-0.15, -0.1) is 12.4 Å². The Kier molecular flexibility index (Phi) is 7.35. The van der Waals surface area contributed by atoms with Crippen LogP contribution in [0.2, 0.25) is 0 Å². The van der Waals surface area contributed by atoms with Crippen molar-refractivity contribution in [2.24, 2.45) is 5.41 Å². The summed E-state index contributed by atoms with van der Waals surface area (Å²) < 4.78 is 11.4. The van der Waals surface area contributed by atoms with Gasteiger partial charge in [-0.05, 0) is 37.5 Å². The van der Waals surface area contributed by atoms with Crippen LogP contribution in [-0.2, 0) is 11.3 Å². The number of piperazine rings is 1. The summed E-state index contributed by atoms with van der Waals surface area (Å²) in [5, 5.41) is 3.48. The summed E-state index contributed by atoms with van der Waals surface area (Å²) in [7, 11) is 1.73. The number of ether oxygens (including phenoxy) is 2. The maximum atomic E-state index is 6.18. The van der Waals surface area contributed by atoms with Gasteiger partial charge in [0, 0.05) is 44.7 Å². The SMILES string of the molecule is COCc1cccc(OCC2(CN3CCNC[C@H]3C)CCC2)c1.Cl. The van der Waals surface area contributed by atoms with Crippen LogP contribution in [0, 0.1) is 5.41 Å². The van der Waals surface area contributed by atoms with Gasteiger partial charge >= 0.3 is 0 Å². The maximum absolute atomic E-state index is 6.18. The second kappa shape index (κ2) is 9.04. The molecule has 1 N–H and O–H groups in total. The molecule has 2 fully saturated rings. The van der Waals surface area contributed by atoms with E-state index < -0.39 is 0 Å². The highest BCUT2D eigenvalue weighted by Gasteiger charge is 2.40. The molecule has 0 bridgehead atoms. The zero-order valence-corrected chi connectivity index (χ0v) is 15.7. The topological polar surface area (TPSA) is 33.7 Å². The highest BCUT2D eigenvalue weighted by molar-refractivity contribution is 5.85. The molecule has 1 aromatic carbocycles. The lowest BCUT2D eigenvalue weighted by Gasteiger charge is -2.47. The summed E-state index contributed by atoms with van der Waals surface area (Å²) in [4.78, 5) is 2.64. The lowest BCUT2D eigenvalue weighted by Crippen LogP contribution is -2.55. The molecule has 1 atom stereocenters. The van der Waals surface area contributed by atoms with Crippen molar-refractivity contribution in [3.05, 3.63) is 29.8 Å². The van der Waals surface area contributed by atoms with Gasteiger partial charge in [0.1, 0.15) is 5.75 Å². The highest BCUT2D eigenvalue weighted by Crippen LogP contribution is 2.42. The number of methoxy groups -OCH3 is 1. The lowest BCUT2D eigenvalue weighted by atomic mass is 9.68. The Hall–Kier alpha value is -0.810. The zero-order valence-electron chi connectivity index (χ0n) is 14.9. The molecule has 2 aliphatic rings. The smallest absolute Gasteiger partial charge is 0.119 e. The molecule has 1 aromatic rings. The third-order valence-corrected chi connectivity index (χ3v) is 5.35. The largest absolute Gasteiger partial charge is 0.493 e. The van der Waals surface area contributed by atoms with E-state index in [1.165, 1.54) is 31.4 Å². The van der Waals surface area contributed by atoms with Gasteiger partial charge in [0.15, 0.2) is 0 Å². The minimum atomic E-state index is 0. The van der Waals surface area contributed by atoms with Crippen LogP contribution in [0.4, 0.5) is 0 Å². The van der Waals surface area contributed by atoms with E-state index in [4.69, 9.17) is 9.47 Å². The summed E-state index contributed by atoms with van der Waals surface area (Å²) in [6, 6.07) is 8.92. The average molecular weight is 355 g/mol. The first-order valence-corrected chi connectivity index (χ1v) is 8.86. The third-order valence-electron chi connectivity index (χ3n) is 5.35. The summed E-state index contributed by atoms with van der Waals surface area (Å²) in [5.74, 6) is 0.971. The predicted octanol–water partition coefficient (Wildman–Crippen LogP) is 3.10. The second-order valence-electron chi connectivity index (χ2n) is 7.25. The molecule has 1 aliphatic heterocycles. The number of hydrogen-bond donors (Lipinski definition) is 1. The van der Waals surface area contributed by atoms with Gasteiger partial charge in [-0.25, -0.2) is 0 Å². The van der Waals surface area contributed by atoms with Crippen LogP contribution in [0.25, 0.3) is 0 Å². The molecule has 5 heteroatoms. The summed E-state index contributed by atoms with van der Waals surface area (Å²) in [5.41, 5.74) is 1.52. The summed E-state index contributed by atoms with van der Waals surface area (Å²) in [6.45, 7) is 8.35. The van der Waals surface area contributed by atoms with Crippen LogP contribution in [0.15, 0.2) is 24.3 Å². The van der Waals surface area contributed by atoms with Crippen LogP contribution >= 0.6 is 12.4 Å². The molecule has 136 valence electrons. The standard InChI is InChI=1S/C19H30N2O2.ClH/c1-16-12-20-9-10-21(16)14-19(7-4-8-19)15-23-18-6-3-5-17(11-18)13-22-2;/h3,5-6,11,16,20H,4,7-10,12-15H2,1-2H3;1H/t16-;/m1./s1. The van der Waals surface area contributed by atoms with Crippen LogP contribution in [0.3, 0.4) is 0 Å². The Balaban J connectivity index is 0.00000208. The fourth-order valence-corrected chi connectivity index (χ4v) is 3.70. The van der Waals surface area contributed by atoms with Crippen LogP contribution < -0.4 is 10.1 Å². The normalized spacial score (nSPS) is 23.2. The van der Waals surface area contributed by atoms with E-state index in [-0.39, 0.29) is 12.4 Å². The molecular formula is C19H31ClN2O2. The van der Waals surface area contributed by atoms with E-state index in [0.717, 1.165) is 32.0 Å². The Bertz CT molecular complexity index is 508. The molecule has 0 radical (unpaired) electrons. The molecule has 1 saturated heterocycles. The lowest BCUT2D eigenvalue weighted by molar-refractivity contribution is 0.000777. The van der Waals surface area contributed by atoms with Crippen molar-refractivity contribution in [1.29, 1.82) is 0 Å². The molecule has 1 aliphatic carbocycles. The molecule has 24 heavy (non-hydrogen) atoms. The van der Waals surface area contributed by atoms with E-state index in [1.807, 2.05) is 0 Å². The molecule has 3 rings (SSSR count). The number of hydrogen-bond acceptors (Lipinski definition) is 4. The highest BCUT2D eigenvalue weighted by atomic mass is 35.5. The van der Waals surface area contributed by atoms with Crippen molar-refractivity contribution in [2.75, 3.05) is 39.9 Å². The predicted molar refractivity (Wildman–Crippen MR) is 100 cm³/mol. The molecular weight excluding hydrogens is 324 g/mol. The molecule has 4 nitrogen and oxygen atoms in total. The Labute approximate surface area is 152 Å². The van der Waals surface area contributed by atoms with Crippen LogP contribution in [0.1, 0.15) is 31.7 Å². The molecule has 1 saturated carbocycles. The van der Waals surface area contributed by atoms with Gasteiger partial charge in [0.2, 0.25) is 0 Å². The van der Waals surface area contributed by atoms with Crippen molar-refractivity contribution in [2.45, 2.75) is 38.8 Å². The first-order valence-electron chi connectivity index (χ1n) is 8.86. The monoisotopic (exact) mass is 354 g/mol. The third kappa shape index (κ3) is 4.85. The fourth-order valence-electron chi connectivity index (χ4n) is 3.70. The van der Waals surface area contributed by atoms with E-state index in [0.29, 0.717) is 18.1 Å². The summed E-state index contributed by atoms with van der Waals surface area (Å²) in [6.07, 6.45) is 3.93. The molecule has 0 amide bonds. The summed E-state index contributed by atoms with van der Waals surface area (Å²) >= 11 is 0. The molecule has 1 heterocycles. The number of halogens is 1. The van der Waals surface area contributed by atoms with Gasteiger partial charge in [0.25, 0.3) is 0 Å².